The van der Waals surface area contributed by atoms with Crippen LogP contribution in [-0.2, 0) is 0 Å². The van der Waals surface area contributed by atoms with Gasteiger partial charge in [0.15, 0.2) is 0 Å². The molecule has 4 aromatic rings. The molecule has 30 heavy (non-hydrogen) atoms. The SMILES string of the molecule is Cc1nnc2n1-c1ccc(-c3ccc(=O)[nH]c3)cc1N(c1ccc(Cl)cc1)CC2C. The molecule has 2 aromatic carbocycles. The summed E-state index contributed by atoms with van der Waals surface area (Å²) >= 11 is 6.14. The second kappa shape index (κ2) is 7.15. The Kier molecular flexibility index (Phi) is 4.44. The molecule has 0 radical (unpaired) electrons. The van der Waals surface area contributed by atoms with Crippen molar-refractivity contribution in [3.63, 3.8) is 0 Å². The van der Waals surface area contributed by atoms with Crippen molar-refractivity contribution in [3.05, 3.63) is 87.8 Å². The van der Waals surface area contributed by atoms with E-state index < -0.39 is 0 Å². The van der Waals surface area contributed by atoms with Crippen LogP contribution in [0.3, 0.4) is 0 Å². The summed E-state index contributed by atoms with van der Waals surface area (Å²) < 4.78 is 2.13. The fourth-order valence-corrected chi connectivity index (χ4v) is 4.14. The molecule has 5 rings (SSSR count). The Balaban J connectivity index is 1.74. The zero-order chi connectivity index (χ0) is 20.8. The number of hydrogen-bond donors (Lipinski definition) is 1. The number of rotatable bonds is 2. The van der Waals surface area contributed by atoms with Crippen LogP contribution in [0.5, 0.6) is 0 Å². The van der Waals surface area contributed by atoms with Gasteiger partial charge < -0.3 is 9.88 Å². The number of fused-ring (bicyclic) bond motifs is 3. The lowest BCUT2D eigenvalue weighted by Crippen LogP contribution is -2.22. The third-order valence-corrected chi connectivity index (χ3v) is 5.76. The van der Waals surface area contributed by atoms with Gasteiger partial charge in [0.05, 0.1) is 11.4 Å². The predicted molar refractivity (Wildman–Crippen MR) is 119 cm³/mol. The lowest BCUT2D eigenvalue weighted by molar-refractivity contribution is 0.696. The number of nitrogens with zero attached hydrogens (tertiary/aromatic N) is 4. The Hall–Kier alpha value is -3.38. The number of halogens is 1. The fraction of sp³-hybridized carbons (Fsp3) is 0.174. The van der Waals surface area contributed by atoms with E-state index in [1.807, 2.05) is 37.3 Å². The molecule has 7 heteroatoms. The maximum Gasteiger partial charge on any atom is 0.247 e. The molecular weight excluding hydrogens is 398 g/mol. The number of benzene rings is 2. The van der Waals surface area contributed by atoms with Crippen LogP contribution in [-0.4, -0.2) is 26.3 Å². The molecule has 0 saturated carbocycles. The largest absolute Gasteiger partial charge is 0.339 e. The van der Waals surface area contributed by atoms with E-state index in [1.54, 1.807) is 12.3 Å². The number of nitrogens with one attached hydrogen (secondary N) is 1. The van der Waals surface area contributed by atoms with E-state index in [4.69, 9.17) is 11.6 Å². The average molecular weight is 418 g/mol. The number of hydrogen-bond acceptors (Lipinski definition) is 4. The monoisotopic (exact) mass is 417 g/mol. The Morgan fingerprint density at radius 1 is 1.00 bits per heavy atom. The smallest absolute Gasteiger partial charge is 0.247 e. The molecular formula is C23H20ClN5O. The molecule has 0 amide bonds. The first-order chi connectivity index (χ1) is 14.5. The van der Waals surface area contributed by atoms with Gasteiger partial charge in [0.1, 0.15) is 11.6 Å². The second-order valence-corrected chi connectivity index (χ2v) is 8.01. The molecule has 0 spiro atoms. The predicted octanol–water partition coefficient (Wildman–Crippen LogP) is 4.84. The Morgan fingerprint density at radius 2 is 1.77 bits per heavy atom. The van der Waals surface area contributed by atoms with E-state index in [0.29, 0.717) is 5.02 Å². The highest BCUT2D eigenvalue weighted by Crippen LogP contribution is 2.40. The number of H-pyrrole nitrogens is 1. The van der Waals surface area contributed by atoms with Gasteiger partial charge in [-0.2, -0.15) is 0 Å². The summed E-state index contributed by atoms with van der Waals surface area (Å²) in [6.45, 7) is 4.89. The Morgan fingerprint density at radius 3 is 2.50 bits per heavy atom. The van der Waals surface area contributed by atoms with E-state index in [-0.39, 0.29) is 11.5 Å². The molecule has 150 valence electrons. The summed E-state index contributed by atoms with van der Waals surface area (Å²) in [6.07, 6.45) is 1.74. The molecule has 6 nitrogen and oxygen atoms in total. The summed E-state index contributed by atoms with van der Waals surface area (Å²) in [7, 11) is 0. The van der Waals surface area contributed by atoms with Crippen LogP contribution in [0.15, 0.2) is 65.6 Å². The standard InChI is InChI=1S/C23H20ClN5O/c1-14-13-28(19-7-5-18(24)6-8-19)21-11-16(17-4-10-22(30)25-12-17)3-9-20(21)29-15(2)26-27-23(14)29/h3-12,14H,13H2,1-2H3,(H,25,30). The highest BCUT2D eigenvalue weighted by molar-refractivity contribution is 6.30. The summed E-state index contributed by atoms with van der Waals surface area (Å²) in [6, 6.07) is 17.6. The number of aryl methyl sites for hydroxylation is 1. The van der Waals surface area contributed by atoms with Gasteiger partial charge in [0.25, 0.3) is 0 Å². The van der Waals surface area contributed by atoms with Gasteiger partial charge in [-0.3, -0.25) is 9.36 Å². The van der Waals surface area contributed by atoms with Crippen molar-refractivity contribution < 1.29 is 0 Å². The summed E-state index contributed by atoms with van der Waals surface area (Å²) in [4.78, 5) is 16.5. The zero-order valence-corrected chi connectivity index (χ0v) is 17.4. The summed E-state index contributed by atoms with van der Waals surface area (Å²) in [5, 5.41) is 9.49. The summed E-state index contributed by atoms with van der Waals surface area (Å²) in [5.41, 5.74) is 4.99. The first-order valence-electron chi connectivity index (χ1n) is 9.80. The third-order valence-electron chi connectivity index (χ3n) is 5.51. The maximum absolute atomic E-state index is 11.5. The fourth-order valence-electron chi connectivity index (χ4n) is 4.01. The van der Waals surface area contributed by atoms with Gasteiger partial charge in [0, 0.05) is 35.4 Å². The van der Waals surface area contributed by atoms with Crippen LogP contribution in [0.25, 0.3) is 16.8 Å². The van der Waals surface area contributed by atoms with Crippen molar-refractivity contribution in [2.45, 2.75) is 19.8 Å². The van der Waals surface area contributed by atoms with Crippen molar-refractivity contribution in [1.82, 2.24) is 19.7 Å². The number of aromatic nitrogens is 4. The summed E-state index contributed by atoms with van der Waals surface area (Å²) in [5.74, 6) is 1.97. The average Bonchev–Trinajstić information content (AvgIpc) is 3.08. The van der Waals surface area contributed by atoms with Gasteiger partial charge in [-0.1, -0.05) is 24.6 Å². The Bertz CT molecular complexity index is 1270. The molecule has 0 fully saturated rings. The van der Waals surface area contributed by atoms with Crippen LogP contribution in [0.2, 0.25) is 5.02 Å². The normalized spacial score (nSPS) is 15.4. The number of pyridine rings is 1. The Labute approximate surface area is 178 Å². The van der Waals surface area contributed by atoms with Gasteiger partial charge >= 0.3 is 0 Å². The molecule has 1 aliphatic rings. The molecule has 1 aliphatic heterocycles. The van der Waals surface area contributed by atoms with E-state index >= 15 is 0 Å². The van der Waals surface area contributed by atoms with Crippen LogP contribution >= 0.6 is 11.6 Å². The van der Waals surface area contributed by atoms with E-state index in [9.17, 15) is 4.79 Å². The van der Waals surface area contributed by atoms with Crippen LogP contribution in [0, 0.1) is 6.92 Å². The van der Waals surface area contributed by atoms with E-state index in [0.717, 1.165) is 46.4 Å². The molecule has 1 unspecified atom stereocenters. The minimum Gasteiger partial charge on any atom is -0.339 e. The van der Waals surface area contributed by atoms with Gasteiger partial charge in [-0.15, -0.1) is 10.2 Å². The maximum atomic E-state index is 11.5. The van der Waals surface area contributed by atoms with Crippen LogP contribution in [0.4, 0.5) is 11.4 Å². The molecule has 1 atom stereocenters. The number of anilines is 2. The quantitative estimate of drug-likeness (QED) is 0.506. The second-order valence-electron chi connectivity index (χ2n) is 7.57. The van der Waals surface area contributed by atoms with Gasteiger partial charge in [-0.05, 0) is 60.5 Å². The van der Waals surface area contributed by atoms with Gasteiger partial charge in [-0.25, -0.2) is 0 Å². The minimum atomic E-state index is -0.116. The van der Waals surface area contributed by atoms with Crippen LogP contribution in [0.1, 0.15) is 24.5 Å². The zero-order valence-electron chi connectivity index (χ0n) is 16.6. The van der Waals surface area contributed by atoms with Crippen molar-refractivity contribution in [2.24, 2.45) is 0 Å². The molecule has 0 saturated heterocycles. The minimum absolute atomic E-state index is 0.116. The molecule has 2 aromatic heterocycles. The van der Waals surface area contributed by atoms with E-state index in [1.165, 1.54) is 0 Å². The molecule has 0 bridgehead atoms. The number of aromatic amines is 1. The molecule has 0 aliphatic carbocycles. The molecule has 3 heterocycles. The van der Waals surface area contributed by atoms with Crippen molar-refractivity contribution in [1.29, 1.82) is 0 Å². The van der Waals surface area contributed by atoms with Crippen molar-refractivity contribution in [2.75, 3.05) is 11.4 Å². The first-order valence-corrected chi connectivity index (χ1v) is 10.2. The van der Waals surface area contributed by atoms with Gasteiger partial charge in [0.2, 0.25) is 5.56 Å². The lowest BCUT2D eigenvalue weighted by Gasteiger charge is -2.27. The van der Waals surface area contributed by atoms with Crippen molar-refractivity contribution >= 4 is 23.0 Å². The van der Waals surface area contributed by atoms with Crippen LogP contribution < -0.4 is 10.5 Å². The highest BCUT2D eigenvalue weighted by atomic mass is 35.5. The lowest BCUT2D eigenvalue weighted by atomic mass is 10.0. The third kappa shape index (κ3) is 3.09. The van der Waals surface area contributed by atoms with Crippen molar-refractivity contribution in [3.8, 4) is 16.8 Å². The topological polar surface area (TPSA) is 66.8 Å². The highest BCUT2D eigenvalue weighted by Gasteiger charge is 2.28. The first kappa shape index (κ1) is 18.6. The van der Waals surface area contributed by atoms with E-state index in [2.05, 4.69) is 49.8 Å². The molecule has 1 N–H and O–H groups in total.